The van der Waals surface area contributed by atoms with Crippen molar-refractivity contribution in [3.63, 3.8) is 0 Å². The third kappa shape index (κ3) is 2.64. The number of nitrogens with zero attached hydrogens (tertiary/aromatic N) is 3. The molecule has 0 saturated heterocycles. The minimum Gasteiger partial charge on any atom is -0.316 e. The second-order valence-electron chi connectivity index (χ2n) is 6.68. The zero-order valence-corrected chi connectivity index (χ0v) is 15.1. The van der Waals surface area contributed by atoms with Crippen LogP contribution in [0.4, 0.5) is 0 Å². The van der Waals surface area contributed by atoms with Crippen molar-refractivity contribution >= 4 is 10.9 Å². The van der Waals surface area contributed by atoms with Gasteiger partial charge in [-0.25, -0.2) is 4.68 Å². The molecule has 0 atom stereocenters. The largest absolute Gasteiger partial charge is 0.316 e. The number of aromatic nitrogens is 3. The molecule has 0 fully saturated rings. The maximum absolute atomic E-state index is 4.75. The lowest BCUT2D eigenvalue weighted by Gasteiger charge is -2.06. The van der Waals surface area contributed by atoms with E-state index in [4.69, 9.17) is 5.10 Å². The van der Waals surface area contributed by atoms with E-state index in [0.29, 0.717) is 0 Å². The van der Waals surface area contributed by atoms with E-state index in [9.17, 15) is 0 Å². The van der Waals surface area contributed by atoms with Gasteiger partial charge in [-0.3, -0.25) is 0 Å². The SMILES string of the molecule is Cc1cc(-c2cn(-c3ccccc3)c3ccccc23)n(-c2ccccc2)n1. The lowest BCUT2D eigenvalue weighted by Crippen LogP contribution is -1.98. The van der Waals surface area contributed by atoms with Crippen LogP contribution in [0.1, 0.15) is 5.69 Å². The molecule has 3 heteroatoms. The topological polar surface area (TPSA) is 22.8 Å². The van der Waals surface area contributed by atoms with Gasteiger partial charge in [0.05, 0.1) is 22.6 Å². The summed E-state index contributed by atoms with van der Waals surface area (Å²) in [6.45, 7) is 2.04. The summed E-state index contributed by atoms with van der Waals surface area (Å²) in [5.74, 6) is 0. The van der Waals surface area contributed by atoms with Gasteiger partial charge in [-0.1, -0.05) is 54.6 Å². The van der Waals surface area contributed by atoms with Crippen LogP contribution in [0.5, 0.6) is 0 Å². The molecule has 5 aromatic rings. The molecule has 0 bridgehead atoms. The summed E-state index contributed by atoms with van der Waals surface area (Å²) in [4.78, 5) is 0. The molecular weight excluding hydrogens is 330 g/mol. The lowest BCUT2D eigenvalue weighted by atomic mass is 10.1. The number of fused-ring (bicyclic) bond motifs is 1. The molecule has 0 amide bonds. The molecule has 2 aromatic heterocycles. The molecular formula is C24H19N3. The molecule has 0 aliphatic carbocycles. The van der Waals surface area contributed by atoms with E-state index in [2.05, 4.69) is 77.5 Å². The fraction of sp³-hybridized carbons (Fsp3) is 0.0417. The first-order valence-corrected chi connectivity index (χ1v) is 9.09. The maximum Gasteiger partial charge on any atom is 0.0765 e. The van der Waals surface area contributed by atoms with Gasteiger partial charge >= 0.3 is 0 Å². The zero-order chi connectivity index (χ0) is 18.2. The van der Waals surface area contributed by atoms with Crippen LogP contribution in [0.2, 0.25) is 0 Å². The molecule has 0 radical (unpaired) electrons. The Hall–Kier alpha value is -3.59. The van der Waals surface area contributed by atoms with E-state index < -0.39 is 0 Å². The Bertz CT molecular complexity index is 1210. The predicted octanol–water partition coefficient (Wildman–Crippen LogP) is 5.79. The van der Waals surface area contributed by atoms with Crippen LogP contribution in [0.25, 0.3) is 33.5 Å². The molecule has 2 heterocycles. The van der Waals surface area contributed by atoms with Crippen LogP contribution >= 0.6 is 0 Å². The third-order valence-electron chi connectivity index (χ3n) is 4.85. The van der Waals surface area contributed by atoms with Crippen LogP contribution in [-0.2, 0) is 0 Å². The first-order valence-electron chi connectivity index (χ1n) is 9.09. The van der Waals surface area contributed by atoms with Crippen molar-refractivity contribution in [3.05, 3.63) is 103 Å². The van der Waals surface area contributed by atoms with E-state index in [1.165, 1.54) is 16.5 Å². The van der Waals surface area contributed by atoms with E-state index in [0.717, 1.165) is 22.8 Å². The van der Waals surface area contributed by atoms with Gasteiger partial charge in [-0.2, -0.15) is 5.10 Å². The fourth-order valence-electron chi connectivity index (χ4n) is 3.64. The first-order chi connectivity index (χ1) is 13.3. The van der Waals surface area contributed by atoms with Crippen molar-refractivity contribution in [1.29, 1.82) is 0 Å². The molecule has 27 heavy (non-hydrogen) atoms. The second kappa shape index (κ2) is 6.29. The minimum atomic E-state index is 1.00. The fourth-order valence-corrected chi connectivity index (χ4v) is 3.64. The number of hydrogen-bond acceptors (Lipinski definition) is 1. The number of para-hydroxylation sites is 3. The Labute approximate surface area is 158 Å². The summed E-state index contributed by atoms with van der Waals surface area (Å²) < 4.78 is 4.29. The molecule has 0 spiro atoms. The summed E-state index contributed by atoms with van der Waals surface area (Å²) in [6.07, 6.45) is 2.22. The van der Waals surface area contributed by atoms with Crippen molar-refractivity contribution < 1.29 is 0 Å². The summed E-state index contributed by atoms with van der Waals surface area (Å²) in [5.41, 5.74) is 6.70. The molecule has 0 aliphatic rings. The Morgan fingerprint density at radius 3 is 2.07 bits per heavy atom. The highest BCUT2D eigenvalue weighted by atomic mass is 15.3. The number of hydrogen-bond donors (Lipinski definition) is 0. The van der Waals surface area contributed by atoms with Gasteiger partial charge in [-0.15, -0.1) is 0 Å². The van der Waals surface area contributed by atoms with Crippen LogP contribution in [0, 0.1) is 6.92 Å². The maximum atomic E-state index is 4.75. The van der Waals surface area contributed by atoms with Crippen LogP contribution < -0.4 is 0 Å². The average Bonchev–Trinajstić information content (AvgIpc) is 3.30. The van der Waals surface area contributed by atoms with Crippen LogP contribution in [-0.4, -0.2) is 14.3 Å². The van der Waals surface area contributed by atoms with Gasteiger partial charge < -0.3 is 4.57 Å². The van der Waals surface area contributed by atoms with Gasteiger partial charge in [0.2, 0.25) is 0 Å². The van der Waals surface area contributed by atoms with Gasteiger partial charge in [0.15, 0.2) is 0 Å². The van der Waals surface area contributed by atoms with Crippen molar-refractivity contribution in [2.45, 2.75) is 6.92 Å². The molecule has 0 unspecified atom stereocenters. The highest BCUT2D eigenvalue weighted by Crippen LogP contribution is 2.34. The monoisotopic (exact) mass is 349 g/mol. The molecule has 130 valence electrons. The molecule has 5 rings (SSSR count). The number of aryl methyl sites for hydroxylation is 1. The lowest BCUT2D eigenvalue weighted by molar-refractivity contribution is 0.869. The summed E-state index contributed by atoms with van der Waals surface area (Å²) in [5, 5.41) is 5.97. The molecule has 3 nitrogen and oxygen atoms in total. The van der Waals surface area contributed by atoms with Crippen molar-refractivity contribution in [2.24, 2.45) is 0 Å². The van der Waals surface area contributed by atoms with E-state index in [-0.39, 0.29) is 0 Å². The van der Waals surface area contributed by atoms with E-state index in [1.54, 1.807) is 0 Å². The van der Waals surface area contributed by atoms with Crippen LogP contribution in [0.3, 0.4) is 0 Å². The Kier molecular flexibility index (Phi) is 3.65. The molecule has 0 N–H and O–H groups in total. The van der Waals surface area contributed by atoms with Gasteiger partial charge in [0, 0.05) is 22.8 Å². The summed E-state index contributed by atoms with van der Waals surface area (Å²) in [7, 11) is 0. The Balaban J connectivity index is 1.79. The first kappa shape index (κ1) is 15.6. The highest BCUT2D eigenvalue weighted by Gasteiger charge is 2.16. The third-order valence-corrected chi connectivity index (χ3v) is 4.85. The van der Waals surface area contributed by atoms with E-state index >= 15 is 0 Å². The average molecular weight is 349 g/mol. The molecule has 3 aromatic carbocycles. The standard InChI is InChI=1S/C24H19N3/c1-18-16-24(27(25-18)20-12-6-3-7-13-20)22-17-26(19-10-4-2-5-11-19)23-15-9-8-14-21(22)23/h2-17H,1H3. The second-order valence-corrected chi connectivity index (χ2v) is 6.68. The van der Waals surface area contributed by atoms with Crippen molar-refractivity contribution in [1.82, 2.24) is 14.3 Å². The van der Waals surface area contributed by atoms with Crippen molar-refractivity contribution in [3.8, 4) is 22.6 Å². The Morgan fingerprint density at radius 2 is 1.33 bits per heavy atom. The summed E-state index contributed by atoms with van der Waals surface area (Å²) >= 11 is 0. The Morgan fingerprint density at radius 1 is 0.704 bits per heavy atom. The van der Waals surface area contributed by atoms with Crippen LogP contribution in [0.15, 0.2) is 97.2 Å². The predicted molar refractivity (Wildman–Crippen MR) is 111 cm³/mol. The van der Waals surface area contributed by atoms with Gasteiger partial charge in [0.25, 0.3) is 0 Å². The quantitative estimate of drug-likeness (QED) is 0.404. The smallest absolute Gasteiger partial charge is 0.0765 e. The van der Waals surface area contributed by atoms with Gasteiger partial charge in [-0.05, 0) is 43.3 Å². The molecule has 0 aliphatic heterocycles. The highest BCUT2D eigenvalue weighted by molar-refractivity contribution is 5.96. The van der Waals surface area contributed by atoms with Gasteiger partial charge in [0.1, 0.15) is 0 Å². The normalized spacial score (nSPS) is 11.1. The van der Waals surface area contributed by atoms with Crippen molar-refractivity contribution in [2.75, 3.05) is 0 Å². The number of benzene rings is 3. The van der Waals surface area contributed by atoms with E-state index in [1.807, 2.05) is 35.9 Å². The summed E-state index contributed by atoms with van der Waals surface area (Å²) in [6, 6.07) is 31.4. The molecule has 0 saturated carbocycles. The minimum absolute atomic E-state index is 1.00. The zero-order valence-electron chi connectivity index (χ0n) is 15.1. The number of rotatable bonds is 3.